The molecule has 226 valence electrons. The van der Waals surface area contributed by atoms with Crippen molar-refractivity contribution in [3.8, 4) is 5.75 Å². The van der Waals surface area contributed by atoms with Crippen LogP contribution in [0, 0.1) is 0 Å². The lowest BCUT2D eigenvalue weighted by molar-refractivity contribution is -0.139. The van der Waals surface area contributed by atoms with Gasteiger partial charge in [-0.2, -0.15) is 13.2 Å². The van der Waals surface area contributed by atoms with Crippen LogP contribution in [0.5, 0.6) is 5.75 Å². The van der Waals surface area contributed by atoms with Crippen LogP contribution in [-0.2, 0) is 32.3 Å². The molecule has 0 radical (unpaired) electrons. The van der Waals surface area contributed by atoms with Crippen molar-refractivity contribution in [2.45, 2.75) is 43.9 Å². The molecule has 3 aromatic rings. The summed E-state index contributed by atoms with van der Waals surface area (Å²) in [5, 5.41) is 2.09. The van der Waals surface area contributed by atoms with Crippen molar-refractivity contribution in [1.29, 1.82) is 0 Å². The summed E-state index contributed by atoms with van der Waals surface area (Å²) in [6.45, 7) is 2.70. The van der Waals surface area contributed by atoms with E-state index in [1.807, 2.05) is 6.92 Å². The van der Waals surface area contributed by atoms with Crippen molar-refractivity contribution < 1.29 is 35.9 Å². The number of benzene rings is 3. The smallest absolute Gasteiger partial charge is 0.417 e. The molecule has 2 amide bonds. The molecule has 13 heteroatoms. The number of hydrogen-bond acceptors (Lipinski definition) is 5. The van der Waals surface area contributed by atoms with Crippen LogP contribution in [0.4, 0.5) is 18.9 Å². The van der Waals surface area contributed by atoms with Gasteiger partial charge in [0.05, 0.1) is 28.3 Å². The maximum atomic E-state index is 13.9. The van der Waals surface area contributed by atoms with Gasteiger partial charge in [-0.1, -0.05) is 48.9 Å². The summed E-state index contributed by atoms with van der Waals surface area (Å²) in [7, 11) is -3.08. The maximum absolute atomic E-state index is 13.9. The molecule has 0 aliphatic carbocycles. The molecule has 0 unspecified atom stereocenters. The quantitative estimate of drug-likeness (QED) is 0.287. The fraction of sp³-hybridized carbons (Fsp3) is 0.310. The Kier molecular flexibility index (Phi) is 10.9. The van der Waals surface area contributed by atoms with E-state index in [1.165, 1.54) is 43.2 Å². The molecule has 8 nitrogen and oxygen atoms in total. The van der Waals surface area contributed by atoms with Gasteiger partial charge in [0.2, 0.25) is 11.8 Å². The van der Waals surface area contributed by atoms with E-state index in [0.717, 1.165) is 12.1 Å². The highest BCUT2D eigenvalue weighted by molar-refractivity contribution is 7.92. The normalized spacial score (nSPS) is 12.4. The molecule has 0 fully saturated rings. The highest BCUT2D eigenvalue weighted by Gasteiger charge is 2.37. The zero-order chi connectivity index (χ0) is 31.1. The summed E-state index contributed by atoms with van der Waals surface area (Å²) >= 11 is 5.79. The topological polar surface area (TPSA) is 96.0 Å². The molecule has 1 atom stereocenters. The molecule has 0 saturated carbocycles. The van der Waals surface area contributed by atoms with Crippen LogP contribution in [0.25, 0.3) is 0 Å². The summed E-state index contributed by atoms with van der Waals surface area (Å²) < 4.78 is 74.5. The largest absolute Gasteiger partial charge is 0.497 e. The van der Waals surface area contributed by atoms with Crippen LogP contribution in [0.2, 0.25) is 5.02 Å². The second-order valence-corrected chi connectivity index (χ2v) is 11.6. The molecular weight excluding hydrogens is 595 g/mol. The van der Waals surface area contributed by atoms with Crippen molar-refractivity contribution in [2.75, 3.05) is 24.5 Å². The number of halogens is 4. The van der Waals surface area contributed by atoms with E-state index in [9.17, 15) is 31.2 Å². The molecule has 3 aromatic carbocycles. The number of ether oxygens (including phenoxy) is 1. The SMILES string of the molecule is CCCNC(=O)[C@H](C)N(Cc1cccc(OC)c1)C(=O)CN(c1ccc(Cl)c(C(F)(F)F)c1)S(=O)(=O)c1ccccc1. The number of amides is 2. The third-order valence-electron chi connectivity index (χ3n) is 6.36. The predicted molar refractivity (Wildman–Crippen MR) is 154 cm³/mol. The lowest BCUT2D eigenvalue weighted by Crippen LogP contribution is -2.51. The Morgan fingerprint density at radius 1 is 1.02 bits per heavy atom. The van der Waals surface area contributed by atoms with Gasteiger partial charge >= 0.3 is 6.18 Å². The number of nitrogens with zero attached hydrogens (tertiary/aromatic N) is 2. The van der Waals surface area contributed by atoms with Crippen LogP contribution in [0.3, 0.4) is 0 Å². The van der Waals surface area contributed by atoms with Crippen molar-refractivity contribution in [1.82, 2.24) is 10.2 Å². The molecule has 0 aliphatic rings. The van der Waals surface area contributed by atoms with Gasteiger partial charge in [-0.3, -0.25) is 13.9 Å². The van der Waals surface area contributed by atoms with Crippen molar-refractivity contribution in [3.63, 3.8) is 0 Å². The number of rotatable bonds is 12. The first-order valence-corrected chi connectivity index (χ1v) is 14.8. The number of carbonyl (C=O) groups is 2. The molecular formula is C29H31ClF3N3O5S. The monoisotopic (exact) mass is 625 g/mol. The minimum atomic E-state index is -4.89. The Bertz CT molecular complexity index is 1500. The number of carbonyl (C=O) groups excluding carboxylic acids is 2. The Morgan fingerprint density at radius 2 is 1.71 bits per heavy atom. The van der Waals surface area contributed by atoms with E-state index < -0.39 is 56.9 Å². The van der Waals surface area contributed by atoms with Gasteiger partial charge < -0.3 is 15.0 Å². The number of anilines is 1. The molecule has 42 heavy (non-hydrogen) atoms. The maximum Gasteiger partial charge on any atom is 0.417 e. The lowest BCUT2D eigenvalue weighted by atomic mass is 10.1. The van der Waals surface area contributed by atoms with Crippen LogP contribution in [0.15, 0.2) is 77.7 Å². The molecule has 0 saturated heterocycles. The fourth-order valence-electron chi connectivity index (χ4n) is 4.08. The zero-order valence-electron chi connectivity index (χ0n) is 23.2. The number of nitrogens with one attached hydrogen (secondary N) is 1. The van der Waals surface area contributed by atoms with E-state index in [4.69, 9.17) is 16.3 Å². The fourth-order valence-corrected chi connectivity index (χ4v) is 5.73. The number of sulfonamides is 1. The molecule has 1 N–H and O–H groups in total. The third kappa shape index (κ3) is 7.95. The first kappa shape index (κ1) is 32.7. The van der Waals surface area contributed by atoms with E-state index in [2.05, 4.69) is 5.32 Å². The Balaban J connectivity index is 2.10. The Hall–Kier alpha value is -3.77. The summed E-state index contributed by atoms with van der Waals surface area (Å²) in [4.78, 5) is 27.8. The van der Waals surface area contributed by atoms with Crippen LogP contribution < -0.4 is 14.4 Å². The van der Waals surface area contributed by atoms with Gasteiger partial charge in [-0.25, -0.2) is 8.42 Å². The zero-order valence-corrected chi connectivity index (χ0v) is 24.8. The minimum Gasteiger partial charge on any atom is -0.497 e. The average molecular weight is 626 g/mol. The summed E-state index contributed by atoms with van der Waals surface area (Å²) in [6.07, 6.45) is -4.24. The first-order valence-electron chi connectivity index (χ1n) is 12.9. The molecule has 0 bridgehead atoms. The molecule has 0 aromatic heterocycles. The Labute approximate surface area is 248 Å². The summed E-state index contributed by atoms with van der Waals surface area (Å²) in [5.41, 5.74) is -1.10. The molecule has 0 spiro atoms. The molecule has 0 heterocycles. The Morgan fingerprint density at radius 3 is 2.33 bits per heavy atom. The van der Waals surface area contributed by atoms with Crippen LogP contribution in [-0.4, -0.2) is 51.4 Å². The first-order chi connectivity index (χ1) is 19.8. The van der Waals surface area contributed by atoms with Gasteiger partial charge in [-0.05, 0) is 61.4 Å². The van der Waals surface area contributed by atoms with Gasteiger partial charge in [0.25, 0.3) is 10.0 Å². The van der Waals surface area contributed by atoms with E-state index in [0.29, 0.717) is 34.7 Å². The molecule has 3 rings (SSSR count). The van der Waals surface area contributed by atoms with Gasteiger partial charge in [0, 0.05) is 13.1 Å². The van der Waals surface area contributed by atoms with E-state index in [-0.39, 0.29) is 11.4 Å². The van der Waals surface area contributed by atoms with E-state index >= 15 is 0 Å². The van der Waals surface area contributed by atoms with Crippen LogP contribution >= 0.6 is 11.6 Å². The summed E-state index contributed by atoms with van der Waals surface area (Å²) in [5.74, 6) is -0.798. The molecule has 0 aliphatic heterocycles. The van der Waals surface area contributed by atoms with Crippen LogP contribution in [0.1, 0.15) is 31.4 Å². The lowest BCUT2D eigenvalue weighted by Gasteiger charge is -2.32. The number of hydrogen-bond donors (Lipinski definition) is 1. The number of methoxy groups -OCH3 is 1. The highest BCUT2D eigenvalue weighted by atomic mass is 35.5. The van der Waals surface area contributed by atoms with E-state index in [1.54, 1.807) is 30.3 Å². The van der Waals surface area contributed by atoms with Gasteiger partial charge in [0.1, 0.15) is 18.3 Å². The standard InChI is InChI=1S/C29H31ClF3N3O5S/c1-4-15-34-28(38)20(2)35(18-21-9-8-10-23(16-21)41-3)27(37)19-36(42(39,40)24-11-6-5-7-12-24)22-13-14-26(30)25(17-22)29(31,32)33/h5-14,16-17,20H,4,15,18-19H2,1-3H3,(H,34,38)/t20-/m0/s1. The van der Waals surface area contributed by atoms with Crippen molar-refractivity contribution >= 4 is 39.1 Å². The predicted octanol–water partition coefficient (Wildman–Crippen LogP) is 5.51. The van der Waals surface area contributed by atoms with Crippen molar-refractivity contribution in [2.24, 2.45) is 0 Å². The minimum absolute atomic E-state index is 0.107. The third-order valence-corrected chi connectivity index (χ3v) is 8.47. The average Bonchev–Trinajstić information content (AvgIpc) is 2.97. The second kappa shape index (κ2) is 13.9. The summed E-state index contributed by atoms with van der Waals surface area (Å²) in [6, 6.07) is 15.3. The van der Waals surface area contributed by atoms with Gasteiger partial charge in [-0.15, -0.1) is 0 Å². The van der Waals surface area contributed by atoms with Crippen molar-refractivity contribution in [3.05, 3.63) is 88.9 Å². The van der Waals surface area contributed by atoms with Gasteiger partial charge in [0.15, 0.2) is 0 Å². The highest BCUT2D eigenvalue weighted by Crippen LogP contribution is 2.38. The second-order valence-electron chi connectivity index (χ2n) is 9.33. The number of alkyl halides is 3.